The van der Waals surface area contributed by atoms with Crippen molar-refractivity contribution in [1.82, 2.24) is 9.55 Å². The molecule has 0 radical (unpaired) electrons. The molecule has 0 bridgehead atoms. The van der Waals surface area contributed by atoms with Gasteiger partial charge in [0.2, 0.25) is 0 Å². The number of imidazole rings is 1. The average molecular weight is 986 g/mol. The maximum atomic E-state index is 5.24. The number of anilines is 6. The fourth-order valence-electron chi connectivity index (χ4n) is 11.2. The maximum Gasteiger partial charge on any atom is 0.145 e. The van der Waals surface area contributed by atoms with Gasteiger partial charge in [-0.05, 0) is 146 Å². The van der Waals surface area contributed by atoms with Crippen LogP contribution in [-0.2, 0) is 0 Å². The van der Waals surface area contributed by atoms with Gasteiger partial charge in [-0.2, -0.15) is 0 Å². The lowest BCUT2D eigenvalue weighted by Gasteiger charge is -2.27. The van der Waals surface area contributed by atoms with E-state index in [-0.39, 0.29) is 6.17 Å². The van der Waals surface area contributed by atoms with Gasteiger partial charge in [0.25, 0.3) is 0 Å². The van der Waals surface area contributed by atoms with Crippen molar-refractivity contribution >= 4 is 55.9 Å². The molecule has 77 heavy (non-hydrogen) atoms. The van der Waals surface area contributed by atoms with Crippen LogP contribution in [0.4, 0.5) is 34.1 Å². The Morgan fingerprint density at radius 2 is 0.844 bits per heavy atom. The normalized spacial score (nSPS) is 12.9. The largest absolute Gasteiger partial charge is 0.359 e. The van der Waals surface area contributed by atoms with Crippen molar-refractivity contribution in [3.63, 3.8) is 0 Å². The average Bonchev–Trinajstić information content (AvgIpc) is 4.16. The number of benzene rings is 12. The quantitative estimate of drug-likeness (QED) is 0.140. The first-order chi connectivity index (χ1) is 38.2. The summed E-state index contributed by atoms with van der Waals surface area (Å²) in [4.78, 5) is 10.0. The van der Waals surface area contributed by atoms with Crippen molar-refractivity contribution in [2.75, 3.05) is 15.1 Å². The van der Waals surface area contributed by atoms with E-state index >= 15 is 0 Å². The van der Waals surface area contributed by atoms with Crippen molar-refractivity contribution < 1.29 is 0 Å². The number of para-hydroxylation sites is 2. The minimum absolute atomic E-state index is 0.0156. The van der Waals surface area contributed by atoms with Gasteiger partial charge in [-0.3, -0.25) is 4.57 Å². The molecule has 0 amide bonds. The van der Waals surface area contributed by atoms with E-state index in [9.17, 15) is 0 Å². The molecular formula is C72H51N5. The van der Waals surface area contributed by atoms with Gasteiger partial charge in [0.15, 0.2) is 0 Å². The van der Waals surface area contributed by atoms with Crippen molar-refractivity contribution in [2.24, 2.45) is 0 Å². The van der Waals surface area contributed by atoms with Crippen LogP contribution in [0.1, 0.15) is 11.7 Å². The van der Waals surface area contributed by atoms with Crippen molar-refractivity contribution in [3.05, 3.63) is 303 Å². The standard InChI is InChI=1S/C72H51N5/c1-5-19-53(20-6-1)71-73-66-48-59(38-44-69(66)76(71)61-28-9-3-10-29-61)57-26-15-24-55(46-57)50-34-40-63(41-35-50)75(68-33-17-23-52-18-13-14-32-65(52)68)64-42-36-51(37-43-64)56-25-16-27-58(47-56)60-39-45-70-67(49-60)74-72(54-21-7-2-8-22-54)77(70)62-30-11-4-12-31-62/h1-49,71,73H. The molecule has 0 saturated heterocycles. The number of aromatic nitrogens is 2. The summed E-state index contributed by atoms with van der Waals surface area (Å²) in [5.74, 6) is 0.926. The van der Waals surface area contributed by atoms with Crippen LogP contribution in [0.25, 0.3) is 83.4 Å². The van der Waals surface area contributed by atoms with Crippen LogP contribution in [0.2, 0.25) is 0 Å². The second kappa shape index (κ2) is 19.6. The third-order valence-corrected chi connectivity index (χ3v) is 15.0. The molecule has 0 aliphatic carbocycles. The molecule has 0 fully saturated rings. The molecular weight excluding hydrogens is 935 g/mol. The first-order valence-electron chi connectivity index (χ1n) is 26.3. The van der Waals surface area contributed by atoms with Crippen LogP contribution >= 0.6 is 0 Å². The first kappa shape index (κ1) is 45.4. The molecule has 1 N–H and O–H groups in total. The summed E-state index contributed by atoms with van der Waals surface area (Å²) in [5, 5.41) is 6.25. The number of hydrogen-bond acceptors (Lipinski definition) is 4. The molecule has 14 rings (SSSR count). The van der Waals surface area contributed by atoms with E-state index in [1.54, 1.807) is 0 Å². The van der Waals surface area contributed by atoms with Gasteiger partial charge in [0, 0.05) is 33.7 Å². The maximum absolute atomic E-state index is 5.24. The third kappa shape index (κ3) is 8.56. The summed E-state index contributed by atoms with van der Waals surface area (Å²) >= 11 is 0. The van der Waals surface area contributed by atoms with Crippen molar-refractivity contribution in [3.8, 4) is 61.6 Å². The highest BCUT2D eigenvalue weighted by molar-refractivity contribution is 5.99. The van der Waals surface area contributed by atoms with E-state index in [4.69, 9.17) is 4.98 Å². The number of rotatable bonds is 11. The molecule has 5 heteroatoms. The molecule has 2 heterocycles. The predicted octanol–water partition coefficient (Wildman–Crippen LogP) is 19.2. The Hall–Kier alpha value is -10.2. The SMILES string of the molecule is c1ccc(-c2nc3cc(-c4cccc(-c5ccc(N(c6ccc(-c7cccc(-c8ccc9c(c8)NC(c8ccccc8)N9c8ccccc8)c7)cc6)c6cccc7ccccc67)cc5)c4)ccc3n2-c2ccccc2)cc1. The van der Waals surface area contributed by atoms with Crippen LogP contribution in [0.5, 0.6) is 0 Å². The highest BCUT2D eigenvalue weighted by Crippen LogP contribution is 2.48. The molecule has 0 saturated carbocycles. The minimum atomic E-state index is -0.0156. The summed E-state index contributed by atoms with van der Waals surface area (Å²) in [6.45, 7) is 0. The Kier molecular flexibility index (Phi) is 11.5. The molecule has 13 aromatic rings. The summed E-state index contributed by atoms with van der Waals surface area (Å²) < 4.78 is 2.26. The number of hydrogen-bond donors (Lipinski definition) is 1. The highest BCUT2D eigenvalue weighted by atomic mass is 15.3. The fourth-order valence-corrected chi connectivity index (χ4v) is 11.2. The summed E-state index contributed by atoms with van der Waals surface area (Å²) in [5.41, 5.74) is 21.3. The van der Waals surface area contributed by atoms with Gasteiger partial charge in [-0.15, -0.1) is 0 Å². The molecule has 1 atom stereocenters. The molecule has 1 aromatic heterocycles. The smallest absolute Gasteiger partial charge is 0.145 e. The Labute approximate surface area is 448 Å². The highest BCUT2D eigenvalue weighted by Gasteiger charge is 2.31. The lowest BCUT2D eigenvalue weighted by molar-refractivity contribution is 0.828. The zero-order valence-electron chi connectivity index (χ0n) is 42.2. The number of nitrogens with zero attached hydrogens (tertiary/aromatic N) is 4. The van der Waals surface area contributed by atoms with Crippen LogP contribution in [-0.4, -0.2) is 9.55 Å². The topological polar surface area (TPSA) is 36.3 Å². The summed E-state index contributed by atoms with van der Waals surface area (Å²) in [6.07, 6.45) is -0.0156. The van der Waals surface area contributed by atoms with Gasteiger partial charge >= 0.3 is 0 Å². The number of nitrogens with one attached hydrogen (secondary N) is 1. The minimum Gasteiger partial charge on any atom is -0.359 e. The molecule has 5 nitrogen and oxygen atoms in total. The van der Waals surface area contributed by atoms with E-state index in [1.165, 1.54) is 27.5 Å². The monoisotopic (exact) mass is 985 g/mol. The van der Waals surface area contributed by atoms with Crippen molar-refractivity contribution in [2.45, 2.75) is 6.17 Å². The second-order valence-electron chi connectivity index (χ2n) is 19.7. The van der Waals surface area contributed by atoms with Crippen LogP contribution in [0.15, 0.2) is 297 Å². The van der Waals surface area contributed by atoms with Crippen LogP contribution in [0, 0.1) is 0 Å². The van der Waals surface area contributed by atoms with E-state index in [0.717, 1.165) is 95.6 Å². The van der Waals surface area contributed by atoms with Gasteiger partial charge < -0.3 is 15.1 Å². The van der Waals surface area contributed by atoms with Gasteiger partial charge in [-0.25, -0.2) is 4.98 Å². The molecule has 1 aliphatic rings. The van der Waals surface area contributed by atoms with E-state index in [0.29, 0.717) is 0 Å². The first-order valence-corrected chi connectivity index (χ1v) is 26.3. The lowest BCUT2D eigenvalue weighted by Crippen LogP contribution is -2.23. The zero-order chi connectivity index (χ0) is 51.1. The molecule has 0 spiro atoms. The zero-order valence-corrected chi connectivity index (χ0v) is 42.2. The van der Waals surface area contributed by atoms with Gasteiger partial charge in [0.05, 0.1) is 28.1 Å². The van der Waals surface area contributed by atoms with Crippen LogP contribution < -0.4 is 15.1 Å². The molecule has 1 aliphatic heterocycles. The third-order valence-electron chi connectivity index (χ3n) is 15.0. The fraction of sp³-hybridized carbons (Fsp3) is 0.0139. The predicted molar refractivity (Wildman–Crippen MR) is 322 cm³/mol. The van der Waals surface area contributed by atoms with Crippen LogP contribution in [0.3, 0.4) is 0 Å². The molecule has 12 aromatic carbocycles. The summed E-state index contributed by atoms with van der Waals surface area (Å²) in [7, 11) is 0. The Bertz CT molecular complexity index is 4230. The van der Waals surface area contributed by atoms with E-state index in [2.05, 4.69) is 311 Å². The van der Waals surface area contributed by atoms with Crippen molar-refractivity contribution in [1.29, 1.82) is 0 Å². The lowest BCUT2D eigenvalue weighted by atomic mass is 9.97. The van der Waals surface area contributed by atoms with E-state index in [1.807, 2.05) is 6.07 Å². The summed E-state index contributed by atoms with van der Waals surface area (Å²) in [6, 6.07) is 107. The van der Waals surface area contributed by atoms with Gasteiger partial charge in [0.1, 0.15) is 12.0 Å². The van der Waals surface area contributed by atoms with E-state index < -0.39 is 0 Å². The Morgan fingerprint density at radius 3 is 1.49 bits per heavy atom. The van der Waals surface area contributed by atoms with Gasteiger partial charge in [-0.1, -0.05) is 206 Å². The second-order valence-corrected chi connectivity index (χ2v) is 19.7. The Morgan fingerprint density at radius 1 is 0.364 bits per heavy atom. The molecule has 1 unspecified atom stereocenters. The Balaban J connectivity index is 0.767. The number of fused-ring (bicyclic) bond motifs is 3. The molecule has 364 valence electrons.